The highest BCUT2D eigenvalue weighted by Gasteiger charge is 2.35. The Balaban J connectivity index is 1.42. The minimum atomic E-state index is -0.499. The van der Waals surface area contributed by atoms with Crippen LogP contribution < -0.4 is 20.3 Å². The van der Waals surface area contributed by atoms with Crippen molar-refractivity contribution in [3.8, 4) is 5.75 Å². The van der Waals surface area contributed by atoms with Gasteiger partial charge < -0.3 is 20.3 Å². The molecule has 2 N–H and O–H groups in total. The smallest absolute Gasteiger partial charge is 0.253 e. The number of hydrogen-bond donors (Lipinski definition) is 2. The van der Waals surface area contributed by atoms with Crippen molar-refractivity contribution in [2.24, 2.45) is 5.92 Å². The van der Waals surface area contributed by atoms with Gasteiger partial charge >= 0.3 is 0 Å². The minimum absolute atomic E-state index is 0.0879. The maximum absolute atomic E-state index is 13.0. The predicted molar refractivity (Wildman–Crippen MR) is 131 cm³/mol. The van der Waals surface area contributed by atoms with E-state index in [9.17, 15) is 14.4 Å². The number of para-hydroxylation sites is 1. The number of carbonyl (C=O) groups is 3. The summed E-state index contributed by atoms with van der Waals surface area (Å²) < 4.78 is 5.22. The van der Waals surface area contributed by atoms with Gasteiger partial charge in [0.05, 0.1) is 24.3 Å². The van der Waals surface area contributed by atoms with Crippen molar-refractivity contribution in [1.82, 2.24) is 5.32 Å². The fourth-order valence-corrected chi connectivity index (χ4v) is 4.01. The molecule has 0 bridgehead atoms. The molecule has 3 amide bonds. The van der Waals surface area contributed by atoms with Gasteiger partial charge in [-0.25, -0.2) is 0 Å². The van der Waals surface area contributed by atoms with E-state index in [0.29, 0.717) is 30.1 Å². The van der Waals surface area contributed by atoms with Gasteiger partial charge in [-0.15, -0.1) is 0 Å². The van der Waals surface area contributed by atoms with Gasteiger partial charge in [-0.2, -0.15) is 0 Å². The van der Waals surface area contributed by atoms with E-state index in [4.69, 9.17) is 4.74 Å². The zero-order valence-electron chi connectivity index (χ0n) is 19.2. The number of aryl methyl sites for hydroxylation is 1. The van der Waals surface area contributed by atoms with Gasteiger partial charge in [-0.05, 0) is 54.4 Å². The van der Waals surface area contributed by atoms with Crippen LogP contribution in [0.15, 0.2) is 72.8 Å². The molecular formula is C27H27N3O4. The molecule has 3 aromatic rings. The lowest BCUT2D eigenvalue weighted by Crippen LogP contribution is -2.29. The molecule has 174 valence electrons. The molecule has 7 nitrogen and oxygen atoms in total. The Labute approximate surface area is 198 Å². The summed E-state index contributed by atoms with van der Waals surface area (Å²) in [4.78, 5) is 40.1. The quantitative estimate of drug-likeness (QED) is 0.563. The molecule has 0 saturated carbocycles. The Bertz CT molecular complexity index is 1220. The lowest BCUT2D eigenvalue weighted by atomic mass is 10.1. The molecule has 34 heavy (non-hydrogen) atoms. The molecule has 7 heteroatoms. The summed E-state index contributed by atoms with van der Waals surface area (Å²) in [5.41, 5.74) is 3.51. The number of ether oxygens (including phenoxy) is 1. The number of rotatable bonds is 7. The Kier molecular flexibility index (Phi) is 6.92. The van der Waals surface area contributed by atoms with Gasteiger partial charge in [0.15, 0.2) is 0 Å². The van der Waals surface area contributed by atoms with Gasteiger partial charge in [-0.1, -0.05) is 36.4 Å². The second-order valence-electron chi connectivity index (χ2n) is 8.31. The van der Waals surface area contributed by atoms with Crippen LogP contribution >= 0.6 is 0 Å². The first kappa shape index (κ1) is 23.0. The number of anilines is 2. The maximum Gasteiger partial charge on any atom is 0.253 e. The second kappa shape index (κ2) is 10.2. The summed E-state index contributed by atoms with van der Waals surface area (Å²) >= 11 is 0. The van der Waals surface area contributed by atoms with Crippen molar-refractivity contribution >= 4 is 29.1 Å². The molecule has 4 rings (SSSR count). The van der Waals surface area contributed by atoms with Crippen molar-refractivity contribution in [3.63, 3.8) is 0 Å². The summed E-state index contributed by atoms with van der Waals surface area (Å²) in [7, 11) is 1.59. The lowest BCUT2D eigenvalue weighted by molar-refractivity contribution is -0.122. The Morgan fingerprint density at radius 1 is 1.03 bits per heavy atom. The number of benzene rings is 3. The number of nitrogens with zero attached hydrogens (tertiary/aromatic N) is 1. The number of carbonyl (C=O) groups excluding carboxylic acids is 3. The van der Waals surface area contributed by atoms with Crippen molar-refractivity contribution < 1.29 is 19.1 Å². The van der Waals surface area contributed by atoms with E-state index in [0.717, 1.165) is 16.8 Å². The standard InChI is InChI=1S/C27H27N3O4/c1-18-7-5-9-21(13-18)30-17-20(15-25(30)31)26(32)29-24-12-4-3-11-23(24)27(33)28-16-19-8-6-10-22(14-19)34-2/h3-14,20H,15-17H2,1-2H3,(H,28,33)(H,29,32)/t20-/m1/s1. The fraction of sp³-hybridized carbons (Fsp3) is 0.222. The van der Waals surface area contributed by atoms with E-state index in [1.54, 1.807) is 36.3 Å². The lowest BCUT2D eigenvalue weighted by Gasteiger charge is -2.17. The highest BCUT2D eigenvalue weighted by molar-refractivity contribution is 6.07. The van der Waals surface area contributed by atoms with Crippen molar-refractivity contribution in [2.75, 3.05) is 23.9 Å². The molecule has 0 aromatic heterocycles. The Morgan fingerprint density at radius 3 is 2.62 bits per heavy atom. The van der Waals surface area contributed by atoms with Crippen LogP contribution in [-0.2, 0) is 16.1 Å². The zero-order valence-corrected chi connectivity index (χ0v) is 19.2. The summed E-state index contributed by atoms with van der Waals surface area (Å²) in [5.74, 6) is -0.458. The second-order valence-corrected chi connectivity index (χ2v) is 8.31. The largest absolute Gasteiger partial charge is 0.497 e. The molecule has 1 fully saturated rings. The van der Waals surface area contributed by atoms with Crippen LogP contribution in [0, 0.1) is 12.8 Å². The summed E-state index contributed by atoms with van der Waals surface area (Å²) in [6.45, 7) is 2.59. The first-order chi connectivity index (χ1) is 16.4. The van der Waals surface area contributed by atoms with E-state index in [2.05, 4.69) is 10.6 Å². The first-order valence-corrected chi connectivity index (χ1v) is 11.1. The average molecular weight is 458 g/mol. The molecule has 0 spiro atoms. The third-order valence-corrected chi connectivity index (χ3v) is 5.83. The van der Waals surface area contributed by atoms with Crippen LogP contribution in [0.5, 0.6) is 5.75 Å². The van der Waals surface area contributed by atoms with E-state index in [-0.39, 0.29) is 24.1 Å². The number of hydrogen-bond acceptors (Lipinski definition) is 4. The molecule has 1 aliphatic rings. The Hall–Kier alpha value is -4.13. The molecule has 1 saturated heterocycles. The summed E-state index contributed by atoms with van der Waals surface area (Å²) in [6, 6.07) is 22.0. The molecule has 0 radical (unpaired) electrons. The van der Waals surface area contributed by atoms with Crippen molar-refractivity contribution in [3.05, 3.63) is 89.5 Å². The average Bonchev–Trinajstić information content (AvgIpc) is 3.25. The molecule has 0 aliphatic carbocycles. The molecule has 3 aromatic carbocycles. The first-order valence-electron chi connectivity index (χ1n) is 11.1. The fourth-order valence-electron chi connectivity index (χ4n) is 4.01. The topological polar surface area (TPSA) is 87.7 Å². The van der Waals surface area contributed by atoms with Crippen molar-refractivity contribution in [2.45, 2.75) is 19.9 Å². The summed E-state index contributed by atoms with van der Waals surface area (Å²) in [5, 5.41) is 5.74. The molecule has 1 heterocycles. The van der Waals surface area contributed by atoms with Crippen LogP contribution in [0.25, 0.3) is 0 Å². The van der Waals surface area contributed by atoms with Crippen molar-refractivity contribution in [1.29, 1.82) is 0 Å². The van der Waals surface area contributed by atoms with Gasteiger partial charge in [0.25, 0.3) is 5.91 Å². The van der Waals surface area contributed by atoms with Crippen LogP contribution in [0.1, 0.15) is 27.9 Å². The van der Waals surface area contributed by atoms with Crippen LogP contribution in [-0.4, -0.2) is 31.4 Å². The highest BCUT2D eigenvalue weighted by atomic mass is 16.5. The van der Waals surface area contributed by atoms with Gasteiger partial charge in [0.2, 0.25) is 11.8 Å². The predicted octanol–water partition coefficient (Wildman–Crippen LogP) is 3.93. The van der Waals surface area contributed by atoms with E-state index < -0.39 is 5.92 Å². The molecule has 1 atom stereocenters. The normalized spacial score (nSPS) is 15.2. The third-order valence-electron chi connectivity index (χ3n) is 5.83. The number of amides is 3. The van der Waals surface area contributed by atoms with Crippen LogP contribution in [0.2, 0.25) is 0 Å². The SMILES string of the molecule is COc1cccc(CNC(=O)c2ccccc2NC(=O)[C@@H]2CC(=O)N(c3cccc(C)c3)C2)c1. The molecular weight excluding hydrogens is 430 g/mol. The molecule has 1 aliphatic heterocycles. The van der Waals surface area contributed by atoms with E-state index in [1.807, 2.05) is 55.5 Å². The molecule has 0 unspecified atom stereocenters. The van der Waals surface area contributed by atoms with E-state index in [1.165, 1.54) is 0 Å². The summed E-state index contributed by atoms with van der Waals surface area (Å²) in [6.07, 6.45) is 0.129. The number of nitrogens with one attached hydrogen (secondary N) is 2. The Morgan fingerprint density at radius 2 is 1.82 bits per heavy atom. The van der Waals surface area contributed by atoms with Gasteiger partial charge in [0.1, 0.15) is 5.75 Å². The van der Waals surface area contributed by atoms with Crippen LogP contribution in [0.3, 0.4) is 0 Å². The van der Waals surface area contributed by atoms with Gasteiger partial charge in [-0.3, -0.25) is 14.4 Å². The van der Waals surface area contributed by atoms with Gasteiger partial charge in [0, 0.05) is 25.2 Å². The minimum Gasteiger partial charge on any atom is -0.497 e. The number of methoxy groups -OCH3 is 1. The third kappa shape index (κ3) is 5.26. The zero-order chi connectivity index (χ0) is 24.1. The highest BCUT2D eigenvalue weighted by Crippen LogP contribution is 2.27. The monoisotopic (exact) mass is 457 g/mol. The van der Waals surface area contributed by atoms with Crippen LogP contribution in [0.4, 0.5) is 11.4 Å². The van der Waals surface area contributed by atoms with E-state index >= 15 is 0 Å². The maximum atomic E-state index is 13.0.